The van der Waals surface area contributed by atoms with Gasteiger partial charge < -0.3 is 14.9 Å². The minimum atomic E-state index is -0.768. The second-order valence-corrected chi connectivity index (χ2v) is 4.89. The number of ether oxygens (including phenoxy) is 1. The molecule has 100 valence electrons. The minimum absolute atomic E-state index is 0.166. The van der Waals surface area contributed by atoms with Crippen LogP contribution in [0.5, 0.6) is 0 Å². The van der Waals surface area contributed by atoms with Gasteiger partial charge in [-0.05, 0) is 12.1 Å². The fourth-order valence-corrected chi connectivity index (χ4v) is 2.25. The molecule has 1 aliphatic rings. The number of nitrogens with zero attached hydrogens (tertiary/aromatic N) is 1. The smallest absolute Gasteiger partial charge is 0.136 e. The fourth-order valence-electron chi connectivity index (χ4n) is 2.25. The number of aromatic nitrogens is 1. The molecule has 2 heterocycles. The van der Waals surface area contributed by atoms with E-state index >= 15 is 0 Å². The highest BCUT2D eigenvalue weighted by atomic mass is 16.5. The van der Waals surface area contributed by atoms with Gasteiger partial charge in [0.05, 0.1) is 30.9 Å². The van der Waals surface area contributed by atoms with E-state index in [1.165, 1.54) is 0 Å². The average Bonchev–Trinajstić information content (AvgIpc) is 2.92. The molecule has 1 unspecified atom stereocenters. The van der Waals surface area contributed by atoms with E-state index in [1.807, 2.05) is 30.3 Å². The molecule has 1 aromatic carbocycles. The highest BCUT2D eigenvalue weighted by Crippen LogP contribution is 2.27. The third kappa shape index (κ3) is 2.21. The fraction of sp³-hybridized carbons (Fsp3) is 0.357. The van der Waals surface area contributed by atoms with Gasteiger partial charge in [0.25, 0.3) is 0 Å². The van der Waals surface area contributed by atoms with E-state index in [9.17, 15) is 10.2 Å². The van der Waals surface area contributed by atoms with Gasteiger partial charge >= 0.3 is 0 Å². The third-order valence-electron chi connectivity index (χ3n) is 3.48. The summed E-state index contributed by atoms with van der Waals surface area (Å²) in [4.78, 5) is 4.38. The van der Waals surface area contributed by atoms with Gasteiger partial charge in [0.15, 0.2) is 0 Å². The monoisotopic (exact) mass is 260 g/mol. The van der Waals surface area contributed by atoms with Gasteiger partial charge in [0.1, 0.15) is 6.23 Å². The van der Waals surface area contributed by atoms with Crippen molar-refractivity contribution in [2.45, 2.75) is 11.8 Å². The van der Waals surface area contributed by atoms with Crippen molar-refractivity contribution < 1.29 is 14.9 Å². The number of pyridine rings is 1. The first-order valence-corrected chi connectivity index (χ1v) is 6.22. The molecule has 5 nitrogen and oxygen atoms in total. The van der Waals surface area contributed by atoms with E-state index in [2.05, 4.69) is 10.3 Å². The normalized spacial score (nSPS) is 21.9. The number of hydrogen-bond acceptors (Lipinski definition) is 5. The van der Waals surface area contributed by atoms with Crippen LogP contribution in [0.1, 0.15) is 11.8 Å². The Labute approximate surface area is 110 Å². The SMILES string of the molecule is OCC1(CO)COC(c2cnc3ccccc3c2)N1. The Bertz CT molecular complexity index is 584. The number of para-hydroxylation sites is 1. The second-order valence-electron chi connectivity index (χ2n) is 4.89. The molecule has 1 aliphatic heterocycles. The lowest BCUT2D eigenvalue weighted by molar-refractivity contribution is 0.0760. The number of aliphatic hydroxyl groups excluding tert-OH is 2. The number of aliphatic hydroxyl groups is 2. The first-order chi connectivity index (χ1) is 9.26. The van der Waals surface area contributed by atoms with E-state index in [0.717, 1.165) is 16.5 Å². The molecule has 3 N–H and O–H groups in total. The summed E-state index contributed by atoms with van der Waals surface area (Å²) in [6.07, 6.45) is 1.40. The van der Waals surface area contributed by atoms with E-state index in [-0.39, 0.29) is 26.0 Å². The molecule has 19 heavy (non-hydrogen) atoms. The average molecular weight is 260 g/mol. The first-order valence-electron chi connectivity index (χ1n) is 6.22. The van der Waals surface area contributed by atoms with Crippen LogP contribution in [0.3, 0.4) is 0 Å². The number of fused-ring (bicyclic) bond motifs is 1. The van der Waals surface area contributed by atoms with Crippen molar-refractivity contribution in [1.29, 1.82) is 0 Å². The molecular formula is C14H16N2O3. The predicted molar refractivity (Wildman–Crippen MR) is 70.5 cm³/mol. The first kappa shape index (κ1) is 12.5. The summed E-state index contributed by atoms with van der Waals surface area (Å²) in [6, 6.07) is 9.86. The third-order valence-corrected chi connectivity index (χ3v) is 3.48. The van der Waals surface area contributed by atoms with E-state index in [1.54, 1.807) is 6.20 Å². The van der Waals surface area contributed by atoms with Crippen molar-refractivity contribution in [2.75, 3.05) is 19.8 Å². The summed E-state index contributed by atoms with van der Waals surface area (Å²) in [5.41, 5.74) is 1.05. The van der Waals surface area contributed by atoms with Gasteiger partial charge in [-0.15, -0.1) is 0 Å². The van der Waals surface area contributed by atoms with Crippen LogP contribution >= 0.6 is 0 Å². The zero-order chi connectivity index (χ0) is 13.3. The quantitative estimate of drug-likeness (QED) is 0.752. The van der Waals surface area contributed by atoms with Gasteiger partial charge in [-0.2, -0.15) is 0 Å². The van der Waals surface area contributed by atoms with Crippen LogP contribution in [0.15, 0.2) is 36.5 Å². The lowest BCUT2D eigenvalue weighted by Crippen LogP contribution is -2.49. The van der Waals surface area contributed by atoms with Gasteiger partial charge in [-0.3, -0.25) is 10.3 Å². The van der Waals surface area contributed by atoms with Crippen LogP contribution < -0.4 is 5.32 Å². The molecule has 3 rings (SSSR count). The Hall–Kier alpha value is -1.53. The van der Waals surface area contributed by atoms with Gasteiger partial charge in [-0.25, -0.2) is 0 Å². The van der Waals surface area contributed by atoms with Crippen molar-refractivity contribution in [1.82, 2.24) is 10.3 Å². The standard InChI is InChI=1S/C14H16N2O3/c17-7-14(8-18)9-19-13(16-14)11-5-10-3-1-2-4-12(10)15-6-11/h1-6,13,16-18H,7-9H2. The maximum Gasteiger partial charge on any atom is 0.136 e. The number of benzene rings is 1. The Morgan fingerprint density at radius 3 is 2.84 bits per heavy atom. The van der Waals surface area contributed by atoms with Crippen LogP contribution in [0.4, 0.5) is 0 Å². The lowest BCUT2D eigenvalue weighted by atomic mass is 10.0. The van der Waals surface area contributed by atoms with Gasteiger partial charge in [0, 0.05) is 17.1 Å². The number of rotatable bonds is 3. The minimum Gasteiger partial charge on any atom is -0.394 e. The largest absolute Gasteiger partial charge is 0.394 e. The zero-order valence-electron chi connectivity index (χ0n) is 10.4. The van der Waals surface area contributed by atoms with E-state index in [0.29, 0.717) is 0 Å². The van der Waals surface area contributed by atoms with Crippen molar-refractivity contribution in [3.8, 4) is 0 Å². The molecule has 5 heteroatoms. The molecule has 1 atom stereocenters. The maximum atomic E-state index is 9.33. The van der Waals surface area contributed by atoms with Crippen molar-refractivity contribution in [3.63, 3.8) is 0 Å². The molecule has 2 aromatic rings. The van der Waals surface area contributed by atoms with Gasteiger partial charge in [0.2, 0.25) is 0 Å². The number of hydrogen-bond donors (Lipinski definition) is 3. The van der Waals surface area contributed by atoms with Crippen LogP contribution in [-0.2, 0) is 4.74 Å². The van der Waals surface area contributed by atoms with Crippen LogP contribution in [0, 0.1) is 0 Å². The Balaban J connectivity index is 1.89. The Kier molecular flexibility index (Phi) is 3.20. The summed E-state index contributed by atoms with van der Waals surface area (Å²) in [5, 5.41) is 22.8. The van der Waals surface area contributed by atoms with Crippen molar-refractivity contribution in [2.24, 2.45) is 0 Å². The predicted octanol–water partition coefficient (Wildman–Crippen LogP) is 0.577. The molecule has 0 amide bonds. The summed E-state index contributed by atoms with van der Waals surface area (Å²) in [6.45, 7) is -0.0560. The summed E-state index contributed by atoms with van der Waals surface area (Å²) in [5.74, 6) is 0. The molecule has 0 saturated carbocycles. The van der Waals surface area contributed by atoms with Crippen molar-refractivity contribution in [3.05, 3.63) is 42.1 Å². The van der Waals surface area contributed by atoms with Crippen LogP contribution in [0.2, 0.25) is 0 Å². The van der Waals surface area contributed by atoms with E-state index in [4.69, 9.17) is 4.74 Å². The number of nitrogens with one attached hydrogen (secondary N) is 1. The van der Waals surface area contributed by atoms with Crippen LogP contribution in [-0.4, -0.2) is 40.6 Å². The van der Waals surface area contributed by atoms with Crippen molar-refractivity contribution >= 4 is 10.9 Å². The molecule has 1 aromatic heterocycles. The topological polar surface area (TPSA) is 74.6 Å². The molecule has 0 aliphatic carbocycles. The molecule has 0 radical (unpaired) electrons. The lowest BCUT2D eigenvalue weighted by Gasteiger charge is -2.23. The Morgan fingerprint density at radius 2 is 2.11 bits per heavy atom. The Morgan fingerprint density at radius 1 is 1.32 bits per heavy atom. The maximum absolute atomic E-state index is 9.33. The second kappa shape index (κ2) is 4.86. The van der Waals surface area contributed by atoms with Crippen LogP contribution in [0.25, 0.3) is 10.9 Å². The molecular weight excluding hydrogens is 244 g/mol. The summed E-state index contributed by atoms with van der Waals surface area (Å²) < 4.78 is 5.61. The molecule has 1 saturated heterocycles. The molecule has 1 fully saturated rings. The highest BCUT2D eigenvalue weighted by Gasteiger charge is 2.39. The zero-order valence-corrected chi connectivity index (χ0v) is 10.4. The van der Waals surface area contributed by atoms with E-state index < -0.39 is 5.54 Å². The molecule has 0 spiro atoms. The molecule has 0 bridgehead atoms. The van der Waals surface area contributed by atoms with Gasteiger partial charge in [-0.1, -0.05) is 18.2 Å². The highest BCUT2D eigenvalue weighted by molar-refractivity contribution is 5.78. The summed E-state index contributed by atoms with van der Waals surface area (Å²) in [7, 11) is 0. The summed E-state index contributed by atoms with van der Waals surface area (Å²) >= 11 is 0.